The molecule has 0 unspecified atom stereocenters. The minimum absolute atomic E-state index is 0.487. The zero-order valence-electron chi connectivity index (χ0n) is 6.63. The molecule has 0 heterocycles. The van der Waals surface area contributed by atoms with Crippen molar-refractivity contribution in [2.75, 3.05) is 12.8 Å². The van der Waals surface area contributed by atoms with Crippen molar-refractivity contribution < 1.29 is 8.42 Å². The highest BCUT2D eigenvalue weighted by Crippen LogP contribution is 1.91. The van der Waals surface area contributed by atoms with Crippen LogP contribution in [0.4, 0.5) is 0 Å². The fourth-order valence-corrected chi connectivity index (χ4v) is 1.12. The first kappa shape index (κ1) is 10.5. The van der Waals surface area contributed by atoms with E-state index >= 15 is 0 Å². The van der Waals surface area contributed by atoms with Crippen molar-refractivity contribution in [1.29, 1.82) is 0 Å². The molecule has 1 N–H and O–H groups in total. The molecular weight excluding hydrogens is 162 g/mol. The minimum atomic E-state index is -3.01. The molecule has 0 atom stereocenters. The smallest absolute Gasteiger partial charge is 0.208 e. The lowest BCUT2D eigenvalue weighted by Gasteiger charge is -1.99. The Morgan fingerprint density at radius 2 is 2.09 bits per heavy atom. The second-order valence-corrected chi connectivity index (χ2v) is 4.16. The van der Waals surface area contributed by atoms with E-state index in [1.54, 1.807) is 0 Å². The van der Waals surface area contributed by atoms with Gasteiger partial charge in [-0.2, -0.15) is 0 Å². The molecule has 0 rings (SSSR count). The quantitative estimate of drug-likeness (QED) is 0.484. The van der Waals surface area contributed by atoms with Gasteiger partial charge in [-0.25, -0.2) is 13.1 Å². The molecule has 0 aliphatic rings. The summed E-state index contributed by atoms with van der Waals surface area (Å²) in [7, 11) is -3.01. The van der Waals surface area contributed by atoms with E-state index in [0.29, 0.717) is 13.0 Å². The Labute approximate surface area is 68.2 Å². The highest BCUT2D eigenvalue weighted by molar-refractivity contribution is 7.88. The summed E-state index contributed by atoms with van der Waals surface area (Å²) in [4.78, 5) is 0. The lowest BCUT2D eigenvalue weighted by molar-refractivity contribution is 0.583. The Kier molecular flexibility index (Phi) is 4.92. The molecule has 0 amide bonds. The summed E-state index contributed by atoms with van der Waals surface area (Å²) in [5, 5.41) is 0. The number of terminal acetylenes is 1. The van der Waals surface area contributed by atoms with Crippen molar-refractivity contribution >= 4 is 10.0 Å². The largest absolute Gasteiger partial charge is 0.215 e. The van der Waals surface area contributed by atoms with Crippen LogP contribution < -0.4 is 4.72 Å². The number of unbranched alkanes of at least 4 members (excludes halogenated alkanes) is 2. The zero-order chi connectivity index (χ0) is 8.74. The standard InChI is InChI=1S/C7H13NO2S/c1-3-4-5-6-7-8-11(2,9)10/h1,8H,4-7H2,2H3. The molecule has 0 spiro atoms. The third-order valence-corrected chi connectivity index (χ3v) is 1.84. The summed E-state index contributed by atoms with van der Waals surface area (Å²) in [5.74, 6) is 2.49. The van der Waals surface area contributed by atoms with Crippen molar-refractivity contribution in [1.82, 2.24) is 4.72 Å². The summed E-state index contributed by atoms with van der Waals surface area (Å²) in [6.45, 7) is 0.487. The van der Waals surface area contributed by atoms with Gasteiger partial charge in [-0.1, -0.05) is 0 Å². The van der Waals surface area contributed by atoms with Crippen LogP contribution in [-0.4, -0.2) is 21.2 Å². The molecule has 0 aromatic heterocycles. The van der Waals surface area contributed by atoms with Crippen molar-refractivity contribution in [2.24, 2.45) is 0 Å². The van der Waals surface area contributed by atoms with Gasteiger partial charge in [0.05, 0.1) is 6.26 Å². The predicted molar refractivity (Wildman–Crippen MR) is 45.5 cm³/mol. The third-order valence-electron chi connectivity index (χ3n) is 1.11. The molecule has 0 saturated carbocycles. The molecule has 64 valence electrons. The van der Waals surface area contributed by atoms with E-state index in [4.69, 9.17) is 6.42 Å². The van der Waals surface area contributed by atoms with Crippen LogP contribution in [0.2, 0.25) is 0 Å². The number of hydrogen-bond donors (Lipinski definition) is 1. The Balaban J connectivity index is 3.24. The first-order valence-electron chi connectivity index (χ1n) is 3.44. The van der Waals surface area contributed by atoms with E-state index < -0.39 is 10.0 Å². The van der Waals surface area contributed by atoms with Gasteiger partial charge in [0.2, 0.25) is 10.0 Å². The van der Waals surface area contributed by atoms with E-state index in [0.717, 1.165) is 19.1 Å². The van der Waals surface area contributed by atoms with Crippen LogP contribution in [0.15, 0.2) is 0 Å². The first-order valence-corrected chi connectivity index (χ1v) is 5.33. The summed E-state index contributed by atoms with van der Waals surface area (Å²) >= 11 is 0. The zero-order valence-corrected chi connectivity index (χ0v) is 7.45. The normalized spacial score (nSPS) is 10.9. The molecule has 0 aliphatic carbocycles. The molecule has 0 aliphatic heterocycles. The average molecular weight is 175 g/mol. The fraction of sp³-hybridized carbons (Fsp3) is 0.714. The van der Waals surface area contributed by atoms with E-state index in [1.165, 1.54) is 0 Å². The van der Waals surface area contributed by atoms with Gasteiger partial charge in [-0.05, 0) is 12.8 Å². The van der Waals surface area contributed by atoms with Gasteiger partial charge in [-0.3, -0.25) is 0 Å². The molecule has 0 aromatic rings. The van der Waals surface area contributed by atoms with Crippen molar-refractivity contribution in [3.05, 3.63) is 0 Å². The van der Waals surface area contributed by atoms with E-state index in [1.807, 2.05) is 0 Å². The number of rotatable bonds is 5. The third kappa shape index (κ3) is 9.47. The summed E-state index contributed by atoms with van der Waals surface area (Å²) in [6.07, 6.45) is 8.55. The molecule has 0 fully saturated rings. The number of hydrogen-bond acceptors (Lipinski definition) is 2. The minimum Gasteiger partial charge on any atom is -0.215 e. The number of nitrogens with one attached hydrogen (secondary N) is 1. The van der Waals surface area contributed by atoms with Crippen LogP contribution >= 0.6 is 0 Å². The van der Waals surface area contributed by atoms with Gasteiger partial charge in [0.25, 0.3) is 0 Å². The molecule has 0 bridgehead atoms. The highest BCUT2D eigenvalue weighted by Gasteiger charge is 1.97. The molecule has 3 nitrogen and oxygen atoms in total. The van der Waals surface area contributed by atoms with E-state index in [2.05, 4.69) is 10.6 Å². The molecule has 0 radical (unpaired) electrons. The maximum absolute atomic E-state index is 10.5. The average Bonchev–Trinajstić information content (AvgIpc) is 1.85. The van der Waals surface area contributed by atoms with Crippen LogP contribution in [-0.2, 0) is 10.0 Å². The SMILES string of the molecule is C#CCCCCNS(C)(=O)=O. The van der Waals surface area contributed by atoms with Gasteiger partial charge in [0.1, 0.15) is 0 Å². The lowest BCUT2D eigenvalue weighted by atomic mass is 10.2. The van der Waals surface area contributed by atoms with E-state index in [-0.39, 0.29) is 0 Å². The topological polar surface area (TPSA) is 46.2 Å². The maximum atomic E-state index is 10.5. The second-order valence-electron chi connectivity index (χ2n) is 2.33. The van der Waals surface area contributed by atoms with Gasteiger partial charge in [0.15, 0.2) is 0 Å². The van der Waals surface area contributed by atoms with Crippen molar-refractivity contribution in [2.45, 2.75) is 19.3 Å². The maximum Gasteiger partial charge on any atom is 0.208 e. The first-order chi connectivity index (χ1) is 5.06. The van der Waals surface area contributed by atoms with Crippen LogP contribution in [0.3, 0.4) is 0 Å². The van der Waals surface area contributed by atoms with Crippen molar-refractivity contribution in [3.63, 3.8) is 0 Å². The molecular formula is C7H13NO2S. The van der Waals surface area contributed by atoms with Crippen LogP contribution in [0.5, 0.6) is 0 Å². The van der Waals surface area contributed by atoms with Gasteiger partial charge < -0.3 is 0 Å². The van der Waals surface area contributed by atoms with Crippen LogP contribution in [0, 0.1) is 12.3 Å². The molecule has 4 heteroatoms. The fourth-order valence-electron chi connectivity index (χ4n) is 0.610. The lowest BCUT2D eigenvalue weighted by Crippen LogP contribution is -2.22. The Hall–Kier alpha value is -0.530. The van der Waals surface area contributed by atoms with Gasteiger partial charge in [-0.15, -0.1) is 12.3 Å². The Bertz CT molecular complexity index is 225. The van der Waals surface area contributed by atoms with E-state index in [9.17, 15) is 8.42 Å². The van der Waals surface area contributed by atoms with Crippen molar-refractivity contribution in [3.8, 4) is 12.3 Å². The second kappa shape index (κ2) is 5.16. The summed E-state index contributed by atoms with van der Waals surface area (Å²) in [6, 6.07) is 0. The molecule has 11 heavy (non-hydrogen) atoms. The van der Waals surface area contributed by atoms with Gasteiger partial charge in [0, 0.05) is 13.0 Å². The predicted octanol–water partition coefficient (Wildman–Crippen LogP) is 0.339. The molecule has 0 saturated heterocycles. The summed E-state index contributed by atoms with van der Waals surface area (Å²) in [5.41, 5.74) is 0. The summed E-state index contributed by atoms with van der Waals surface area (Å²) < 4.78 is 23.4. The number of sulfonamides is 1. The highest BCUT2D eigenvalue weighted by atomic mass is 32.2. The molecule has 0 aromatic carbocycles. The van der Waals surface area contributed by atoms with Crippen LogP contribution in [0.1, 0.15) is 19.3 Å². The van der Waals surface area contributed by atoms with Gasteiger partial charge >= 0.3 is 0 Å². The van der Waals surface area contributed by atoms with Crippen LogP contribution in [0.25, 0.3) is 0 Å². The monoisotopic (exact) mass is 175 g/mol. The Morgan fingerprint density at radius 3 is 2.55 bits per heavy atom. The Morgan fingerprint density at radius 1 is 1.45 bits per heavy atom.